The number of rotatable bonds is 8. The Morgan fingerprint density at radius 2 is 2.07 bits per heavy atom. The van der Waals surface area contributed by atoms with Crippen molar-refractivity contribution in [3.63, 3.8) is 0 Å². The molecule has 154 valence electrons. The molecule has 27 heavy (non-hydrogen) atoms. The van der Waals surface area contributed by atoms with Crippen LogP contribution in [0.25, 0.3) is 0 Å². The summed E-state index contributed by atoms with van der Waals surface area (Å²) in [4.78, 5) is 4.62. The number of guanidine groups is 1. The van der Waals surface area contributed by atoms with E-state index < -0.39 is 9.84 Å². The molecule has 0 amide bonds. The molecule has 0 aliphatic carbocycles. The molecule has 0 radical (unpaired) electrons. The highest BCUT2D eigenvalue weighted by atomic mass is 127. The van der Waals surface area contributed by atoms with Crippen molar-refractivity contribution in [3.8, 4) is 5.75 Å². The molecule has 1 fully saturated rings. The Balaban J connectivity index is 0.00000364. The Morgan fingerprint density at radius 3 is 2.70 bits per heavy atom. The van der Waals surface area contributed by atoms with Crippen molar-refractivity contribution in [2.75, 3.05) is 24.7 Å². The van der Waals surface area contributed by atoms with Gasteiger partial charge in [0.15, 0.2) is 15.8 Å². The first-order valence-electron chi connectivity index (χ1n) is 9.35. The molecule has 1 aromatic rings. The molecule has 0 aromatic heterocycles. The quantitative estimate of drug-likeness (QED) is 0.320. The standard InChI is InChI=1S/C19H31N3O3S.HI/c1-4-20-19(22-17-10-12-26(23,24)14-17)21-13-16-7-5-6-8-18(16)25-11-9-15(2)3;/h5-8,15,17H,4,9-14H2,1-3H3,(H2,20,21,22);1H. The molecule has 0 saturated carbocycles. The van der Waals surface area contributed by atoms with E-state index >= 15 is 0 Å². The average Bonchev–Trinajstić information content (AvgIpc) is 2.92. The van der Waals surface area contributed by atoms with Gasteiger partial charge in [-0.05, 0) is 31.7 Å². The van der Waals surface area contributed by atoms with Crippen LogP contribution in [-0.4, -0.2) is 45.1 Å². The minimum absolute atomic E-state index is 0. The summed E-state index contributed by atoms with van der Waals surface area (Å²) in [6.07, 6.45) is 1.64. The van der Waals surface area contributed by atoms with Gasteiger partial charge in [-0.1, -0.05) is 32.0 Å². The minimum atomic E-state index is -2.91. The molecule has 1 aromatic carbocycles. The molecule has 1 aliphatic rings. The van der Waals surface area contributed by atoms with Crippen LogP contribution in [0, 0.1) is 5.92 Å². The summed E-state index contributed by atoms with van der Waals surface area (Å²) in [6, 6.07) is 7.84. The zero-order valence-electron chi connectivity index (χ0n) is 16.4. The second-order valence-corrected chi connectivity index (χ2v) is 9.31. The number of hydrogen-bond donors (Lipinski definition) is 2. The van der Waals surface area contributed by atoms with Gasteiger partial charge in [-0.2, -0.15) is 0 Å². The molecule has 6 nitrogen and oxygen atoms in total. The molecule has 1 aliphatic heterocycles. The van der Waals surface area contributed by atoms with E-state index in [-0.39, 0.29) is 41.5 Å². The number of ether oxygens (including phenoxy) is 1. The number of hydrogen-bond acceptors (Lipinski definition) is 4. The number of aliphatic imine (C=N–C) groups is 1. The van der Waals surface area contributed by atoms with Gasteiger partial charge in [-0.3, -0.25) is 0 Å². The van der Waals surface area contributed by atoms with Crippen molar-refractivity contribution in [1.82, 2.24) is 10.6 Å². The lowest BCUT2D eigenvalue weighted by Crippen LogP contribution is -2.44. The van der Waals surface area contributed by atoms with Crippen molar-refractivity contribution in [2.45, 2.75) is 46.2 Å². The third-order valence-corrected chi connectivity index (χ3v) is 6.02. The molecular formula is C19H32IN3O3S. The van der Waals surface area contributed by atoms with Crippen LogP contribution >= 0.6 is 24.0 Å². The number of halogens is 1. The number of para-hydroxylation sites is 1. The van der Waals surface area contributed by atoms with Crippen LogP contribution in [0.5, 0.6) is 5.75 Å². The van der Waals surface area contributed by atoms with Gasteiger partial charge in [0.05, 0.1) is 24.7 Å². The van der Waals surface area contributed by atoms with Gasteiger partial charge in [-0.25, -0.2) is 13.4 Å². The van der Waals surface area contributed by atoms with E-state index in [0.717, 1.165) is 24.3 Å². The zero-order valence-corrected chi connectivity index (χ0v) is 19.5. The third kappa shape index (κ3) is 8.68. The molecule has 1 atom stereocenters. The summed E-state index contributed by atoms with van der Waals surface area (Å²) in [6.45, 7) is 8.24. The lowest BCUT2D eigenvalue weighted by Gasteiger charge is -2.16. The summed E-state index contributed by atoms with van der Waals surface area (Å²) < 4.78 is 29.2. The number of nitrogens with one attached hydrogen (secondary N) is 2. The van der Waals surface area contributed by atoms with Gasteiger partial charge >= 0.3 is 0 Å². The highest BCUT2D eigenvalue weighted by Crippen LogP contribution is 2.19. The lowest BCUT2D eigenvalue weighted by atomic mass is 10.1. The third-order valence-electron chi connectivity index (χ3n) is 4.25. The second kappa shape index (κ2) is 11.7. The van der Waals surface area contributed by atoms with E-state index in [0.29, 0.717) is 31.4 Å². The number of benzene rings is 1. The maximum Gasteiger partial charge on any atom is 0.191 e. The van der Waals surface area contributed by atoms with Gasteiger partial charge in [0.1, 0.15) is 5.75 Å². The minimum Gasteiger partial charge on any atom is -0.493 e. The summed E-state index contributed by atoms with van der Waals surface area (Å²) in [5.41, 5.74) is 1.02. The van der Waals surface area contributed by atoms with E-state index in [2.05, 4.69) is 29.5 Å². The van der Waals surface area contributed by atoms with Crippen molar-refractivity contribution in [1.29, 1.82) is 0 Å². The maximum atomic E-state index is 11.6. The predicted octanol–water partition coefficient (Wildman–Crippen LogP) is 2.97. The van der Waals surface area contributed by atoms with Crippen LogP contribution in [0.3, 0.4) is 0 Å². The summed E-state index contributed by atoms with van der Waals surface area (Å²) in [5, 5.41) is 6.43. The Labute approximate surface area is 180 Å². The fraction of sp³-hybridized carbons (Fsp3) is 0.632. The first-order valence-corrected chi connectivity index (χ1v) is 11.2. The smallest absolute Gasteiger partial charge is 0.191 e. The molecule has 1 saturated heterocycles. The Kier molecular flexibility index (Phi) is 10.4. The molecular weight excluding hydrogens is 477 g/mol. The van der Waals surface area contributed by atoms with Gasteiger partial charge in [0.2, 0.25) is 0 Å². The molecule has 2 N–H and O–H groups in total. The summed E-state index contributed by atoms with van der Waals surface area (Å²) in [5.74, 6) is 2.53. The highest BCUT2D eigenvalue weighted by molar-refractivity contribution is 14.0. The molecule has 0 spiro atoms. The van der Waals surface area contributed by atoms with Crippen LogP contribution in [0.15, 0.2) is 29.3 Å². The van der Waals surface area contributed by atoms with E-state index in [1.54, 1.807) is 0 Å². The Hall–Kier alpha value is -1.03. The van der Waals surface area contributed by atoms with E-state index in [1.165, 1.54) is 0 Å². The molecule has 2 rings (SSSR count). The van der Waals surface area contributed by atoms with Gasteiger partial charge in [0.25, 0.3) is 0 Å². The van der Waals surface area contributed by atoms with Crippen LogP contribution in [0.1, 0.15) is 39.2 Å². The average molecular weight is 509 g/mol. The summed E-state index contributed by atoms with van der Waals surface area (Å²) >= 11 is 0. The number of nitrogens with zero attached hydrogens (tertiary/aromatic N) is 1. The molecule has 1 heterocycles. The normalized spacial score (nSPS) is 18.8. The highest BCUT2D eigenvalue weighted by Gasteiger charge is 2.28. The van der Waals surface area contributed by atoms with Gasteiger partial charge in [0, 0.05) is 18.2 Å². The molecule has 8 heteroatoms. The van der Waals surface area contributed by atoms with Crippen molar-refractivity contribution in [2.24, 2.45) is 10.9 Å². The van der Waals surface area contributed by atoms with Gasteiger partial charge < -0.3 is 15.4 Å². The SMILES string of the molecule is CCNC(=NCc1ccccc1OCCC(C)C)NC1CCS(=O)(=O)C1.I. The molecule has 0 bridgehead atoms. The van der Waals surface area contributed by atoms with Crippen LogP contribution < -0.4 is 15.4 Å². The summed E-state index contributed by atoms with van der Waals surface area (Å²) in [7, 11) is -2.91. The fourth-order valence-corrected chi connectivity index (χ4v) is 4.44. The Morgan fingerprint density at radius 1 is 1.33 bits per heavy atom. The van der Waals surface area contributed by atoms with Crippen molar-refractivity contribution < 1.29 is 13.2 Å². The topological polar surface area (TPSA) is 79.8 Å². The second-order valence-electron chi connectivity index (χ2n) is 7.08. The fourth-order valence-electron chi connectivity index (χ4n) is 2.77. The van der Waals surface area contributed by atoms with Crippen LogP contribution in [0.2, 0.25) is 0 Å². The Bertz CT molecular complexity index is 708. The monoisotopic (exact) mass is 509 g/mol. The first-order chi connectivity index (χ1) is 12.4. The van der Waals surface area contributed by atoms with Crippen molar-refractivity contribution in [3.05, 3.63) is 29.8 Å². The number of sulfone groups is 1. The maximum absolute atomic E-state index is 11.6. The zero-order chi connectivity index (χ0) is 19.0. The van der Waals surface area contributed by atoms with E-state index in [1.807, 2.05) is 31.2 Å². The van der Waals surface area contributed by atoms with Crippen LogP contribution in [0.4, 0.5) is 0 Å². The predicted molar refractivity (Wildman–Crippen MR) is 122 cm³/mol. The lowest BCUT2D eigenvalue weighted by molar-refractivity contribution is 0.287. The van der Waals surface area contributed by atoms with Crippen molar-refractivity contribution >= 4 is 39.8 Å². The first kappa shape index (κ1) is 24.0. The van der Waals surface area contributed by atoms with Crippen LogP contribution in [-0.2, 0) is 16.4 Å². The van der Waals surface area contributed by atoms with E-state index in [4.69, 9.17) is 4.74 Å². The molecule has 1 unspecified atom stereocenters. The largest absolute Gasteiger partial charge is 0.493 e. The van der Waals surface area contributed by atoms with E-state index in [9.17, 15) is 8.42 Å². The van der Waals surface area contributed by atoms with Gasteiger partial charge in [-0.15, -0.1) is 24.0 Å².